The van der Waals surface area contributed by atoms with Crippen molar-refractivity contribution in [2.24, 2.45) is 0 Å². The van der Waals surface area contributed by atoms with Crippen molar-refractivity contribution in [3.63, 3.8) is 0 Å². The van der Waals surface area contributed by atoms with Gasteiger partial charge in [-0.3, -0.25) is 13.9 Å². The van der Waals surface area contributed by atoms with Crippen LogP contribution in [0.15, 0.2) is 65.5 Å². The lowest BCUT2D eigenvalue weighted by Crippen LogP contribution is -2.42. The van der Waals surface area contributed by atoms with Crippen LogP contribution in [0.4, 0.5) is 0 Å². The highest BCUT2D eigenvalue weighted by Crippen LogP contribution is 2.37. The van der Waals surface area contributed by atoms with Gasteiger partial charge in [0.05, 0.1) is 32.3 Å². The van der Waals surface area contributed by atoms with Crippen molar-refractivity contribution in [2.45, 2.75) is 31.3 Å². The summed E-state index contributed by atoms with van der Waals surface area (Å²) < 4.78 is 3.41. The Kier molecular flexibility index (Phi) is 6.55. The molecule has 0 aliphatic heterocycles. The third kappa shape index (κ3) is 4.62. The van der Waals surface area contributed by atoms with Crippen LogP contribution in [0.25, 0.3) is 16.7 Å². The molecule has 1 saturated carbocycles. The molecule has 5 rings (SSSR count). The molecular weight excluding hydrogens is 525 g/mol. The standard InChI is InChI=1S/C26H20Cl3N3O4/c27-15-6-11-21-22(13-15)32(17-9-10-17)26(36)31(21)16-7-4-14(5-8-16)12-20(25(34)35)30-24(33)23-18(28)2-1-3-19(23)29/h1-8,11,13,17,20H,9-10,12H2,(H,30,33)(H,34,35)/t20-/m0/s1. The molecule has 1 aromatic heterocycles. The van der Waals surface area contributed by atoms with Crippen LogP contribution < -0.4 is 11.0 Å². The van der Waals surface area contributed by atoms with Crippen molar-refractivity contribution >= 4 is 57.7 Å². The van der Waals surface area contributed by atoms with Crippen LogP contribution in [0.1, 0.15) is 34.8 Å². The van der Waals surface area contributed by atoms with E-state index in [9.17, 15) is 19.5 Å². The summed E-state index contributed by atoms with van der Waals surface area (Å²) in [4.78, 5) is 37.8. The fourth-order valence-corrected chi connectivity index (χ4v) is 5.03. The number of aliphatic carboxylic acids is 1. The third-order valence-corrected chi connectivity index (χ3v) is 7.04. The third-order valence-electron chi connectivity index (χ3n) is 6.17. The quantitative estimate of drug-likeness (QED) is 0.321. The molecule has 184 valence electrons. The van der Waals surface area contributed by atoms with E-state index in [-0.39, 0.29) is 33.8 Å². The fourth-order valence-electron chi connectivity index (χ4n) is 4.29. The first kappa shape index (κ1) is 24.4. The minimum Gasteiger partial charge on any atom is -0.480 e. The summed E-state index contributed by atoms with van der Waals surface area (Å²) >= 11 is 18.4. The summed E-state index contributed by atoms with van der Waals surface area (Å²) in [7, 11) is 0. The van der Waals surface area contributed by atoms with E-state index in [1.54, 1.807) is 51.6 Å². The number of nitrogens with zero attached hydrogens (tertiary/aromatic N) is 2. The average molecular weight is 545 g/mol. The predicted molar refractivity (Wildman–Crippen MR) is 140 cm³/mol. The van der Waals surface area contributed by atoms with Gasteiger partial charge in [-0.1, -0.05) is 53.0 Å². The van der Waals surface area contributed by atoms with E-state index in [0.29, 0.717) is 16.3 Å². The van der Waals surface area contributed by atoms with Gasteiger partial charge in [-0.15, -0.1) is 0 Å². The lowest BCUT2D eigenvalue weighted by atomic mass is 10.0. The normalized spacial score (nSPS) is 14.1. The Labute approximate surface area is 220 Å². The number of aromatic nitrogens is 2. The minimum atomic E-state index is -1.21. The van der Waals surface area contributed by atoms with Gasteiger partial charge >= 0.3 is 11.7 Å². The van der Waals surface area contributed by atoms with Gasteiger partial charge in [-0.05, 0) is 60.9 Å². The molecule has 0 saturated heterocycles. The maximum atomic E-state index is 13.3. The van der Waals surface area contributed by atoms with Crippen molar-refractivity contribution in [1.82, 2.24) is 14.5 Å². The molecule has 36 heavy (non-hydrogen) atoms. The average Bonchev–Trinajstić information content (AvgIpc) is 3.62. The molecular formula is C26H20Cl3N3O4. The fraction of sp³-hybridized carbons (Fsp3) is 0.192. The van der Waals surface area contributed by atoms with Gasteiger partial charge in [-0.25, -0.2) is 9.59 Å². The van der Waals surface area contributed by atoms with Crippen molar-refractivity contribution in [1.29, 1.82) is 0 Å². The Morgan fingerprint density at radius 3 is 2.25 bits per heavy atom. The topological polar surface area (TPSA) is 93.3 Å². The largest absolute Gasteiger partial charge is 0.480 e. The molecule has 2 N–H and O–H groups in total. The molecule has 4 aromatic rings. The summed E-state index contributed by atoms with van der Waals surface area (Å²) in [5.74, 6) is -1.87. The lowest BCUT2D eigenvalue weighted by Gasteiger charge is -2.16. The molecule has 1 aliphatic rings. The molecule has 0 radical (unpaired) electrons. The smallest absolute Gasteiger partial charge is 0.333 e. The van der Waals surface area contributed by atoms with Crippen LogP contribution in [-0.4, -0.2) is 32.2 Å². The number of amides is 1. The van der Waals surface area contributed by atoms with Crippen molar-refractivity contribution in [3.05, 3.63) is 97.3 Å². The highest BCUT2D eigenvalue weighted by Gasteiger charge is 2.29. The first-order valence-corrected chi connectivity index (χ1v) is 12.4. The van der Waals surface area contributed by atoms with E-state index in [4.69, 9.17) is 34.8 Å². The predicted octanol–water partition coefficient (Wildman–Crippen LogP) is 5.51. The Morgan fingerprint density at radius 2 is 1.64 bits per heavy atom. The summed E-state index contributed by atoms with van der Waals surface area (Å²) in [6.07, 6.45) is 1.93. The van der Waals surface area contributed by atoms with E-state index < -0.39 is 17.9 Å². The van der Waals surface area contributed by atoms with E-state index in [1.807, 2.05) is 6.07 Å². The van der Waals surface area contributed by atoms with E-state index in [0.717, 1.165) is 23.9 Å². The van der Waals surface area contributed by atoms with Crippen molar-refractivity contribution in [2.75, 3.05) is 0 Å². The number of rotatable bonds is 7. The number of imidazole rings is 1. The highest BCUT2D eigenvalue weighted by molar-refractivity contribution is 6.39. The second-order valence-corrected chi connectivity index (χ2v) is 9.93. The maximum Gasteiger partial charge on any atom is 0.333 e. The van der Waals surface area contributed by atoms with Gasteiger partial charge in [0, 0.05) is 17.5 Å². The number of carboxylic acid groups (broad SMARTS) is 1. The van der Waals surface area contributed by atoms with Gasteiger partial charge in [-0.2, -0.15) is 0 Å². The molecule has 1 heterocycles. The number of carboxylic acids is 1. The first-order chi connectivity index (χ1) is 17.2. The van der Waals surface area contributed by atoms with Crippen LogP contribution in [0.3, 0.4) is 0 Å². The van der Waals surface area contributed by atoms with Crippen LogP contribution in [-0.2, 0) is 11.2 Å². The van der Waals surface area contributed by atoms with Crippen LogP contribution in [0, 0.1) is 0 Å². The number of halogens is 3. The number of benzene rings is 3. The molecule has 1 amide bonds. The number of fused-ring (bicyclic) bond motifs is 1. The van der Waals surface area contributed by atoms with E-state index in [1.165, 1.54) is 12.1 Å². The minimum absolute atomic E-state index is 0.0222. The first-order valence-electron chi connectivity index (χ1n) is 11.2. The number of nitrogens with one attached hydrogen (secondary N) is 1. The molecule has 10 heteroatoms. The zero-order valence-corrected chi connectivity index (χ0v) is 21.0. The Hall–Kier alpha value is -3.26. The van der Waals surface area contributed by atoms with Gasteiger partial charge in [0.15, 0.2) is 0 Å². The monoisotopic (exact) mass is 543 g/mol. The van der Waals surface area contributed by atoms with Gasteiger partial charge in [0.1, 0.15) is 6.04 Å². The SMILES string of the molecule is O=C(N[C@@H](Cc1ccc(-n2c(=O)n(C3CC3)c3cc(Cl)ccc32)cc1)C(=O)O)c1c(Cl)cccc1Cl. The summed E-state index contributed by atoms with van der Waals surface area (Å²) in [5, 5.41) is 13.0. The molecule has 3 aromatic carbocycles. The molecule has 1 fully saturated rings. The maximum absolute atomic E-state index is 13.3. The highest BCUT2D eigenvalue weighted by atomic mass is 35.5. The summed E-state index contributed by atoms with van der Waals surface area (Å²) in [5.41, 5.74) is 2.72. The Bertz CT molecular complexity index is 1540. The number of hydrogen-bond donors (Lipinski definition) is 2. The van der Waals surface area contributed by atoms with Gasteiger partial charge in [0.25, 0.3) is 5.91 Å². The van der Waals surface area contributed by atoms with Crippen molar-refractivity contribution in [3.8, 4) is 5.69 Å². The van der Waals surface area contributed by atoms with Gasteiger partial charge < -0.3 is 10.4 Å². The zero-order chi connectivity index (χ0) is 25.6. The van der Waals surface area contributed by atoms with E-state index in [2.05, 4.69) is 5.32 Å². The summed E-state index contributed by atoms with van der Waals surface area (Å²) in [6, 6.07) is 15.9. The second kappa shape index (κ2) is 9.65. The summed E-state index contributed by atoms with van der Waals surface area (Å²) in [6.45, 7) is 0. The van der Waals surface area contributed by atoms with E-state index >= 15 is 0 Å². The lowest BCUT2D eigenvalue weighted by molar-refractivity contribution is -0.139. The second-order valence-electron chi connectivity index (χ2n) is 8.68. The molecule has 1 aliphatic carbocycles. The Morgan fingerprint density at radius 1 is 0.972 bits per heavy atom. The van der Waals surface area contributed by atoms with Crippen LogP contribution in [0.2, 0.25) is 15.1 Å². The van der Waals surface area contributed by atoms with Gasteiger partial charge in [0.2, 0.25) is 0 Å². The number of carbonyl (C=O) groups is 2. The molecule has 0 spiro atoms. The Balaban J connectivity index is 1.41. The molecule has 1 atom stereocenters. The number of hydrogen-bond acceptors (Lipinski definition) is 3. The van der Waals surface area contributed by atoms with Crippen LogP contribution >= 0.6 is 34.8 Å². The molecule has 7 nitrogen and oxygen atoms in total. The molecule has 0 unspecified atom stereocenters. The van der Waals surface area contributed by atoms with Crippen molar-refractivity contribution < 1.29 is 14.7 Å². The number of carbonyl (C=O) groups excluding carboxylic acids is 1. The zero-order valence-electron chi connectivity index (χ0n) is 18.7. The van der Waals surface area contributed by atoms with Crippen LogP contribution in [0.5, 0.6) is 0 Å². The molecule has 0 bridgehead atoms.